The number of rotatable bonds is 5. The van der Waals surface area contributed by atoms with Crippen LogP contribution in [0, 0.1) is 0 Å². The van der Waals surface area contributed by atoms with Crippen LogP contribution in [-0.4, -0.2) is 31.6 Å². The smallest absolute Gasteiger partial charge is 0.374 e. The van der Waals surface area contributed by atoms with Crippen LogP contribution in [0.25, 0.3) is 11.0 Å². The Kier molecular flexibility index (Phi) is 6.31. The fourth-order valence-corrected chi connectivity index (χ4v) is 3.69. The van der Waals surface area contributed by atoms with E-state index < -0.39 is 18.5 Å². The number of para-hydroxylation sites is 1. The van der Waals surface area contributed by atoms with E-state index in [1.54, 1.807) is 24.3 Å². The molecule has 0 aliphatic carbocycles. The zero-order valence-electron chi connectivity index (χ0n) is 17.1. The highest BCUT2D eigenvalue weighted by atomic mass is 16.5. The van der Waals surface area contributed by atoms with Gasteiger partial charge in [0.05, 0.1) is 5.39 Å². The molecule has 4 rings (SSSR count). The highest BCUT2D eigenvalue weighted by molar-refractivity contribution is 5.95. The number of hydrogen-bond donors (Lipinski definition) is 1. The van der Waals surface area contributed by atoms with E-state index in [-0.39, 0.29) is 16.8 Å². The fourth-order valence-electron chi connectivity index (χ4n) is 3.69. The van der Waals surface area contributed by atoms with Gasteiger partial charge < -0.3 is 19.4 Å². The number of nitrogens with one attached hydrogen (secondary N) is 1. The molecule has 160 valence electrons. The SMILES string of the molecule is O=C(COC(=O)c1cc(=O)c2ccccc2o1)Nc1ccc(N2CCCCCC2)cc1. The van der Waals surface area contributed by atoms with Gasteiger partial charge in [-0.15, -0.1) is 0 Å². The van der Waals surface area contributed by atoms with E-state index in [1.807, 2.05) is 24.3 Å². The molecule has 1 saturated heterocycles. The third-order valence-electron chi connectivity index (χ3n) is 5.29. The van der Waals surface area contributed by atoms with Gasteiger partial charge >= 0.3 is 5.97 Å². The molecular weight excluding hydrogens is 396 g/mol. The van der Waals surface area contributed by atoms with Crippen LogP contribution in [0.15, 0.2) is 63.8 Å². The van der Waals surface area contributed by atoms with Gasteiger partial charge in [-0.25, -0.2) is 4.79 Å². The van der Waals surface area contributed by atoms with Crippen molar-refractivity contribution in [3.8, 4) is 0 Å². The Bertz CT molecular complexity index is 1130. The fraction of sp³-hybridized carbons (Fsp3) is 0.292. The van der Waals surface area contributed by atoms with E-state index in [1.165, 1.54) is 25.7 Å². The summed E-state index contributed by atoms with van der Waals surface area (Å²) in [6.45, 7) is 1.61. The predicted molar refractivity (Wildman–Crippen MR) is 119 cm³/mol. The summed E-state index contributed by atoms with van der Waals surface area (Å²) in [5.41, 5.74) is 1.70. The van der Waals surface area contributed by atoms with E-state index >= 15 is 0 Å². The Labute approximate surface area is 179 Å². The van der Waals surface area contributed by atoms with Gasteiger partial charge in [0.15, 0.2) is 12.0 Å². The number of carbonyl (C=O) groups is 2. The Hall–Kier alpha value is -3.61. The molecule has 0 atom stereocenters. The third-order valence-corrected chi connectivity index (χ3v) is 5.29. The predicted octanol–water partition coefficient (Wildman–Crippen LogP) is 3.97. The maximum atomic E-state index is 12.2. The van der Waals surface area contributed by atoms with Crippen molar-refractivity contribution in [3.63, 3.8) is 0 Å². The molecule has 1 amide bonds. The van der Waals surface area contributed by atoms with E-state index in [2.05, 4.69) is 10.2 Å². The molecule has 2 heterocycles. The lowest BCUT2D eigenvalue weighted by atomic mass is 10.2. The Morgan fingerprint density at radius 1 is 0.968 bits per heavy atom. The van der Waals surface area contributed by atoms with Crippen molar-refractivity contribution in [3.05, 3.63) is 70.6 Å². The van der Waals surface area contributed by atoms with Crippen molar-refractivity contribution in [2.24, 2.45) is 0 Å². The van der Waals surface area contributed by atoms with E-state index in [4.69, 9.17) is 9.15 Å². The van der Waals surface area contributed by atoms with Gasteiger partial charge in [0.1, 0.15) is 5.58 Å². The highest BCUT2D eigenvalue weighted by Crippen LogP contribution is 2.21. The first-order valence-corrected chi connectivity index (χ1v) is 10.4. The summed E-state index contributed by atoms with van der Waals surface area (Å²) >= 11 is 0. The topological polar surface area (TPSA) is 88.9 Å². The van der Waals surface area contributed by atoms with Crippen LogP contribution < -0.4 is 15.6 Å². The number of benzene rings is 2. The summed E-state index contributed by atoms with van der Waals surface area (Å²) in [6, 6.07) is 15.3. The van der Waals surface area contributed by atoms with Crippen LogP contribution in [0.2, 0.25) is 0 Å². The Morgan fingerprint density at radius 3 is 2.42 bits per heavy atom. The second-order valence-corrected chi connectivity index (χ2v) is 7.54. The van der Waals surface area contributed by atoms with E-state index in [0.717, 1.165) is 24.8 Å². The second kappa shape index (κ2) is 9.47. The first kappa shape index (κ1) is 20.7. The normalized spacial score (nSPS) is 14.1. The van der Waals surface area contributed by atoms with Crippen LogP contribution in [0.1, 0.15) is 36.2 Å². The van der Waals surface area contributed by atoms with Gasteiger partial charge in [0.25, 0.3) is 5.91 Å². The summed E-state index contributed by atoms with van der Waals surface area (Å²) in [7, 11) is 0. The van der Waals surface area contributed by atoms with Crippen molar-refractivity contribution in [1.29, 1.82) is 0 Å². The summed E-state index contributed by atoms with van der Waals surface area (Å²) in [5, 5.41) is 3.08. The molecule has 1 aliphatic heterocycles. The van der Waals surface area contributed by atoms with Crippen LogP contribution in [0.3, 0.4) is 0 Å². The molecule has 3 aromatic rings. The van der Waals surface area contributed by atoms with Gasteiger partial charge in [-0.1, -0.05) is 25.0 Å². The average molecular weight is 420 g/mol. The number of esters is 1. The molecule has 1 aliphatic rings. The van der Waals surface area contributed by atoms with Crippen LogP contribution >= 0.6 is 0 Å². The van der Waals surface area contributed by atoms with E-state index in [0.29, 0.717) is 11.1 Å². The van der Waals surface area contributed by atoms with Gasteiger partial charge in [0, 0.05) is 30.5 Å². The molecule has 0 saturated carbocycles. The number of anilines is 2. The number of carbonyl (C=O) groups excluding carboxylic acids is 2. The molecule has 0 radical (unpaired) electrons. The third kappa shape index (κ3) is 5.12. The lowest BCUT2D eigenvalue weighted by molar-refractivity contribution is -0.119. The molecule has 31 heavy (non-hydrogen) atoms. The molecule has 0 unspecified atom stereocenters. The summed E-state index contributed by atoms with van der Waals surface area (Å²) in [6.07, 6.45) is 4.93. The quantitative estimate of drug-likeness (QED) is 0.629. The van der Waals surface area contributed by atoms with Crippen LogP contribution in [0.4, 0.5) is 11.4 Å². The second-order valence-electron chi connectivity index (χ2n) is 7.54. The van der Waals surface area contributed by atoms with Gasteiger partial charge in [0.2, 0.25) is 5.76 Å². The minimum absolute atomic E-state index is 0.238. The minimum Gasteiger partial charge on any atom is -0.450 e. The lowest BCUT2D eigenvalue weighted by Gasteiger charge is -2.22. The zero-order chi connectivity index (χ0) is 21.6. The van der Waals surface area contributed by atoms with Gasteiger partial charge in [-0.2, -0.15) is 0 Å². The van der Waals surface area contributed by atoms with Crippen LogP contribution in [0.5, 0.6) is 0 Å². The van der Waals surface area contributed by atoms with Crippen LogP contribution in [-0.2, 0) is 9.53 Å². The lowest BCUT2D eigenvalue weighted by Crippen LogP contribution is -2.24. The van der Waals surface area contributed by atoms with Crippen molar-refractivity contribution in [2.75, 3.05) is 29.9 Å². The molecule has 0 bridgehead atoms. The highest BCUT2D eigenvalue weighted by Gasteiger charge is 2.16. The molecule has 1 aromatic heterocycles. The number of ether oxygens (including phenoxy) is 1. The molecule has 0 spiro atoms. The summed E-state index contributed by atoms with van der Waals surface area (Å²) < 4.78 is 10.4. The Morgan fingerprint density at radius 2 is 1.68 bits per heavy atom. The minimum atomic E-state index is -0.866. The Balaban J connectivity index is 1.33. The first-order valence-electron chi connectivity index (χ1n) is 10.4. The first-order chi connectivity index (χ1) is 15.1. The van der Waals surface area contributed by atoms with Crippen molar-refractivity contribution in [2.45, 2.75) is 25.7 Å². The van der Waals surface area contributed by atoms with Crippen molar-refractivity contribution in [1.82, 2.24) is 0 Å². The maximum Gasteiger partial charge on any atom is 0.374 e. The molecule has 1 fully saturated rings. The molecule has 1 N–H and O–H groups in total. The summed E-state index contributed by atoms with van der Waals surface area (Å²) in [5.74, 6) is -1.58. The average Bonchev–Trinajstić information content (AvgIpc) is 3.07. The molecule has 2 aromatic carbocycles. The van der Waals surface area contributed by atoms with E-state index in [9.17, 15) is 14.4 Å². The van der Waals surface area contributed by atoms with Crippen molar-refractivity contribution >= 4 is 34.2 Å². The number of amides is 1. The maximum absolute atomic E-state index is 12.2. The number of hydrogen-bond acceptors (Lipinski definition) is 6. The standard InChI is InChI=1S/C24H24N2O5/c27-20-15-22(31-21-8-4-3-7-19(20)21)24(29)30-16-23(28)25-17-9-11-18(12-10-17)26-13-5-1-2-6-14-26/h3-4,7-12,15H,1-2,5-6,13-14,16H2,(H,25,28). The monoisotopic (exact) mass is 420 g/mol. The van der Waals surface area contributed by atoms with Crippen molar-refractivity contribution < 1.29 is 18.7 Å². The largest absolute Gasteiger partial charge is 0.450 e. The molecular formula is C24H24N2O5. The summed E-state index contributed by atoms with van der Waals surface area (Å²) in [4.78, 5) is 38.8. The van der Waals surface area contributed by atoms with Gasteiger partial charge in [-0.05, 0) is 49.2 Å². The number of fused-ring (bicyclic) bond motifs is 1. The molecule has 7 heteroatoms. The number of nitrogens with zero attached hydrogens (tertiary/aromatic N) is 1. The zero-order valence-corrected chi connectivity index (χ0v) is 17.1. The van der Waals surface area contributed by atoms with Gasteiger partial charge in [-0.3, -0.25) is 9.59 Å². The molecule has 7 nitrogen and oxygen atoms in total.